The molecule has 1 aromatic heterocycles. The number of amides is 1. The van der Waals surface area contributed by atoms with Gasteiger partial charge in [-0.1, -0.05) is 0 Å². The van der Waals surface area contributed by atoms with Crippen molar-refractivity contribution in [1.82, 2.24) is 9.78 Å². The zero-order chi connectivity index (χ0) is 25.1. The molecule has 1 N–H and O–H groups in total. The number of hydrogen-bond donors (Lipinski definition) is 1. The Hall–Kier alpha value is -4.28. The van der Waals surface area contributed by atoms with E-state index in [9.17, 15) is 24.1 Å². The van der Waals surface area contributed by atoms with Gasteiger partial charge < -0.3 is 14.8 Å². The molecular weight excluding hydrogens is 459 g/mol. The number of methoxy groups -OCH3 is 1. The molecule has 11 heteroatoms. The van der Waals surface area contributed by atoms with E-state index in [4.69, 9.17) is 9.47 Å². The first-order valence-corrected chi connectivity index (χ1v) is 11.0. The smallest absolute Gasteiger partial charge is 0.359 e. The van der Waals surface area contributed by atoms with E-state index in [-0.39, 0.29) is 28.6 Å². The fourth-order valence-corrected chi connectivity index (χ4v) is 3.97. The van der Waals surface area contributed by atoms with Crippen molar-refractivity contribution in [2.45, 2.75) is 38.7 Å². The van der Waals surface area contributed by atoms with Gasteiger partial charge >= 0.3 is 5.97 Å². The van der Waals surface area contributed by atoms with E-state index in [2.05, 4.69) is 10.4 Å². The van der Waals surface area contributed by atoms with E-state index in [1.807, 2.05) is 0 Å². The van der Waals surface area contributed by atoms with Crippen LogP contribution in [0.15, 0.2) is 42.5 Å². The standard InChI is InChI=1S/C24H23FN4O6/c1-14(23(30)26-19-13-17(29(32)33)11-12-21(19)34-2)35-24(31)22-18-5-3-4-6-20(18)28(27-22)16-9-7-15(25)8-10-16/h7-14H,3-6H2,1-2H3,(H,26,30). The third kappa shape index (κ3) is 4.98. The molecule has 182 valence electrons. The van der Waals surface area contributed by atoms with E-state index in [1.165, 1.54) is 38.3 Å². The Balaban J connectivity index is 1.54. The van der Waals surface area contributed by atoms with Crippen molar-refractivity contribution in [3.05, 3.63) is 75.3 Å². The Morgan fingerprint density at radius 2 is 1.89 bits per heavy atom. The molecule has 1 unspecified atom stereocenters. The molecule has 1 aliphatic rings. The number of carbonyl (C=O) groups excluding carboxylic acids is 2. The second-order valence-electron chi connectivity index (χ2n) is 8.05. The zero-order valence-electron chi connectivity index (χ0n) is 19.1. The molecule has 0 saturated carbocycles. The van der Waals surface area contributed by atoms with Crippen LogP contribution in [0.5, 0.6) is 5.75 Å². The molecule has 0 aliphatic heterocycles. The third-order valence-electron chi connectivity index (χ3n) is 5.75. The number of aromatic nitrogens is 2. The van der Waals surface area contributed by atoms with Gasteiger partial charge in [-0.3, -0.25) is 14.9 Å². The molecule has 0 spiro atoms. The van der Waals surface area contributed by atoms with E-state index >= 15 is 0 Å². The van der Waals surface area contributed by atoms with Crippen LogP contribution in [0.2, 0.25) is 0 Å². The van der Waals surface area contributed by atoms with E-state index in [0.29, 0.717) is 18.5 Å². The molecule has 0 radical (unpaired) electrons. The van der Waals surface area contributed by atoms with Gasteiger partial charge in [0.15, 0.2) is 11.8 Å². The number of nitro groups is 1. The number of benzene rings is 2. The molecule has 1 aliphatic carbocycles. The Morgan fingerprint density at radius 1 is 1.17 bits per heavy atom. The van der Waals surface area contributed by atoms with E-state index < -0.39 is 22.9 Å². The number of rotatable bonds is 7. The number of nitro benzene ring substituents is 1. The van der Waals surface area contributed by atoms with Crippen LogP contribution in [-0.4, -0.2) is 39.8 Å². The minimum atomic E-state index is -1.22. The van der Waals surface area contributed by atoms with Crippen molar-refractivity contribution in [3.8, 4) is 11.4 Å². The molecular formula is C24H23FN4O6. The number of anilines is 1. The summed E-state index contributed by atoms with van der Waals surface area (Å²) < 4.78 is 25.5. The number of non-ortho nitro benzene ring substituents is 1. The van der Waals surface area contributed by atoms with Gasteiger partial charge in [-0.05, 0) is 62.9 Å². The topological polar surface area (TPSA) is 126 Å². The first-order valence-electron chi connectivity index (χ1n) is 11.0. The van der Waals surface area contributed by atoms with Gasteiger partial charge in [0.2, 0.25) is 0 Å². The molecule has 3 aromatic rings. The monoisotopic (exact) mass is 482 g/mol. The third-order valence-corrected chi connectivity index (χ3v) is 5.75. The number of hydrogen-bond acceptors (Lipinski definition) is 7. The summed E-state index contributed by atoms with van der Waals surface area (Å²) in [6.45, 7) is 1.39. The summed E-state index contributed by atoms with van der Waals surface area (Å²) in [5.41, 5.74) is 2.17. The summed E-state index contributed by atoms with van der Waals surface area (Å²) in [5, 5.41) is 18.0. The minimum Gasteiger partial charge on any atom is -0.495 e. The number of nitrogens with zero attached hydrogens (tertiary/aromatic N) is 3. The van der Waals surface area contributed by atoms with Gasteiger partial charge in [0, 0.05) is 23.4 Å². The van der Waals surface area contributed by atoms with Gasteiger partial charge in [0.1, 0.15) is 11.6 Å². The predicted octanol–water partition coefficient (Wildman–Crippen LogP) is 3.99. The number of ether oxygens (including phenoxy) is 2. The first-order chi connectivity index (χ1) is 16.8. The SMILES string of the molecule is COc1ccc([N+](=O)[O-])cc1NC(=O)C(C)OC(=O)c1nn(-c2ccc(F)cc2)c2c1CCCC2. The fourth-order valence-electron chi connectivity index (χ4n) is 3.97. The lowest BCUT2D eigenvalue weighted by molar-refractivity contribution is -0.384. The molecule has 10 nitrogen and oxygen atoms in total. The van der Waals surface area contributed by atoms with Crippen molar-refractivity contribution >= 4 is 23.3 Å². The van der Waals surface area contributed by atoms with Crippen molar-refractivity contribution in [3.63, 3.8) is 0 Å². The summed E-state index contributed by atoms with van der Waals surface area (Å²) in [6, 6.07) is 9.56. The van der Waals surface area contributed by atoms with Gasteiger partial charge in [-0.25, -0.2) is 13.9 Å². The molecule has 35 heavy (non-hydrogen) atoms. The van der Waals surface area contributed by atoms with Crippen LogP contribution in [-0.2, 0) is 22.4 Å². The molecule has 4 rings (SSSR count). The van der Waals surface area contributed by atoms with Crippen LogP contribution >= 0.6 is 0 Å². The highest BCUT2D eigenvalue weighted by Gasteiger charge is 2.29. The highest BCUT2D eigenvalue weighted by atomic mass is 19.1. The van der Waals surface area contributed by atoms with E-state index in [1.54, 1.807) is 16.8 Å². The van der Waals surface area contributed by atoms with Crippen molar-refractivity contribution in [2.24, 2.45) is 0 Å². The number of carbonyl (C=O) groups is 2. The summed E-state index contributed by atoms with van der Waals surface area (Å²) in [5.74, 6) is -1.62. The average molecular weight is 482 g/mol. The number of nitrogens with one attached hydrogen (secondary N) is 1. The Labute approximate surface area is 199 Å². The lowest BCUT2D eigenvalue weighted by Gasteiger charge is -2.16. The average Bonchev–Trinajstić information content (AvgIpc) is 3.24. The Bertz CT molecular complexity index is 1290. The number of fused-ring (bicyclic) bond motifs is 1. The van der Waals surface area contributed by atoms with Gasteiger partial charge in [-0.2, -0.15) is 5.10 Å². The van der Waals surface area contributed by atoms with Gasteiger partial charge in [-0.15, -0.1) is 0 Å². The van der Waals surface area contributed by atoms with Crippen LogP contribution in [0.3, 0.4) is 0 Å². The van der Waals surface area contributed by atoms with Crippen LogP contribution in [0, 0.1) is 15.9 Å². The lowest BCUT2D eigenvalue weighted by Crippen LogP contribution is -2.30. The van der Waals surface area contributed by atoms with Crippen molar-refractivity contribution in [2.75, 3.05) is 12.4 Å². The summed E-state index contributed by atoms with van der Waals surface area (Å²) >= 11 is 0. The zero-order valence-corrected chi connectivity index (χ0v) is 19.1. The molecule has 0 fully saturated rings. The van der Waals surface area contributed by atoms with Crippen molar-refractivity contribution < 1.29 is 28.4 Å². The highest BCUT2D eigenvalue weighted by Crippen LogP contribution is 2.30. The quantitative estimate of drug-likeness (QED) is 0.307. The van der Waals surface area contributed by atoms with Gasteiger partial charge in [0.05, 0.1) is 23.4 Å². The lowest BCUT2D eigenvalue weighted by atomic mass is 9.95. The summed E-state index contributed by atoms with van der Waals surface area (Å²) in [6.07, 6.45) is 1.92. The highest BCUT2D eigenvalue weighted by molar-refractivity contribution is 5.98. The number of halogens is 1. The minimum absolute atomic E-state index is 0.0764. The second-order valence-corrected chi connectivity index (χ2v) is 8.05. The maximum absolute atomic E-state index is 13.4. The first kappa shape index (κ1) is 23.9. The normalized spacial score (nSPS) is 13.5. The predicted molar refractivity (Wildman–Crippen MR) is 123 cm³/mol. The molecule has 1 atom stereocenters. The largest absolute Gasteiger partial charge is 0.495 e. The number of esters is 1. The van der Waals surface area contributed by atoms with Crippen LogP contribution in [0.1, 0.15) is 41.5 Å². The Morgan fingerprint density at radius 3 is 2.57 bits per heavy atom. The van der Waals surface area contributed by atoms with Crippen LogP contribution in [0.25, 0.3) is 5.69 Å². The van der Waals surface area contributed by atoms with Gasteiger partial charge in [0.25, 0.3) is 11.6 Å². The molecule has 2 aromatic carbocycles. The summed E-state index contributed by atoms with van der Waals surface area (Å²) in [7, 11) is 1.36. The molecule has 0 saturated heterocycles. The van der Waals surface area contributed by atoms with Crippen LogP contribution < -0.4 is 10.1 Å². The summed E-state index contributed by atoms with van der Waals surface area (Å²) in [4.78, 5) is 36.2. The maximum Gasteiger partial charge on any atom is 0.359 e. The molecule has 0 bridgehead atoms. The second kappa shape index (κ2) is 9.92. The molecule has 1 heterocycles. The molecule has 1 amide bonds. The van der Waals surface area contributed by atoms with Crippen LogP contribution in [0.4, 0.5) is 15.8 Å². The fraction of sp³-hybridized carbons (Fsp3) is 0.292. The maximum atomic E-state index is 13.4. The van der Waals surface area contributed by atoms with E-state index in [0.717, 1.165) is 30.2 Å². The Kier molecular flexibility index (Phi) is 6.76. The van der Waals surface area contributed by atoms with Crippen molar-refractivity contribution in [1.29, 1.82) is 0 Å².